The number of hydrogen-bond acceptors (Lipinski definition) is 2. The summed E-state index contributed by atoms with van der Waals surface area (Å²) in [6.07, 6.45) is 2.79. The third kappa shape index (κ3) is 3.48. The Kier molecular flexibility index (Phi) is 3.50. The Labute approximate surface area is 82.1 Å². The Morgan fingerprint density at radius 2 is 2.23 bits per heavy atom. The van der Waals surface area contributed by atoms with E-state index in [1.54, 1.807) is 0 Å². The number of hydrogen-bond donors (Lipinski definition) is 1. The maximum absolute atomic E-state index is 11.7. The van der Waals surface area contributed by atoms with Crippen molar-refractivity contribution in [3.8, 4) is 0 Å². The van der Waals surface area contributed by atoms with Gasteiger partial charge in [0.25, 0.3) is 0 Å². The third-order valence-corrected chi connectivity index (χ3v) is 3.30. The molecule has 0 aromatic rings. The molecule has 0 saturated heterocycles. The zero-order chi connectivity index (χ0) is 9.90. The normalized spacial score (nSPS) is 20.7. The number of nitrogens with one attached hydrogen (secondary N) is 1. The summed E-state index contributed by atoms with van der Waals surface area (Å²) in [4.78, 5) is 0. The molecule has 0 aromatic carbocycles. The summed E-state index contributed by atoms with van der Waals surface area (Å²) in [5.74, 6) is 0. The van der Waals surface area contributed by atoms with Crippen molar-refractivity contribution in [3.05, 3.63) is 11.8 Å². The quantitative estimate of drug-likeness (QED) is 0.735. The highest BCUT2D eigenvalue weighted by Gasteiger charge is 2.20. The highest BCUT2D eigenvalue weighted by Crippen LogP contribution is 2.12. The largest absolute Gasteiger partial charge is 0.377 e. The van der Waals surface area contributed by atoms with E-state index in [0.717, 1.165) is 18.7 Å². The van der Waals surface area contributed by atoms with Gasteiger partial charge in [-0.2, -0.15) is 0 Å². The van der Waals surface area contributed by atoms with Gasteiger partial charge in [-0.05, 0) is 26.8 Å². The highest BCUT2D eigenvalue weighted by atomic mass is 32.2. The predicted octanol–water partition coefficient (Wildman–Crippen LogP) is 1.34. The lowest BCUT2D eigenvalue weighted by molar-refractivity contribution is 0.153. The molecule has 76 valence electrons. The maximum Gasteiger partial charge on any atom is 0.122 e. The van der Waals surface area contributed by atoms with E-state index in [1.807, 2.05) is 26.8 Å². The summed E-state index contributed by atoms with van der Waals surface area (Å²) in [5, 5.41) is 0. The van der Waals surface area contributed by atoms with Gasteiger partial charge in [-0.3, -0.25) is 0 Å². The van der Waals surface area contributed by atoms with Crippen LogP contribution in [-0.2, 0) is 15.7 Å². The first-order valence-electron chi connectivity index (χ1n) is 4.45. The average molecular weight is 203 g/mol. The molecule has 4 heteroatoms. The SMILES string of the molecule is CC(C)(C)S(=O)NC1=CCOCC1. The van der Waals surface area contributed by atoms with Gasteiger partial charge in [0.1, 0.15) is 11.0 Å². The van der Waals surface area contributed by atoms with Gasteiger partial charge in [0.2, 0.25) is 0 Å². The van der Waals surface area contributed by atoms with E-state index >= 15 is 0 Å². The van der Waals surface area contributed by atoms with E-state index in [1.165, 1.54) is 0 Å². The average Bonchev–Trinajstić information content (AvgIpc) is 2.04. The maximum atomic E-state index is 11.7. The minimum atomic E-state index is -1.01. The van der Waals surface area contributed by atoms with Crippen molar-refractivity contribution in [3.63, 3.8) is 0 Å². The van der Waals surface area contributed by atoms with E-state index < -0.39 is 11.0 Å². The summed E-state index contributed by atoms with van der Waals surface area (Å²) >= 11 is 0. The Morgan fingerprint density at radius 1 is 1.54 bits per heavy atom. The summed E-state index contributed by atoms with van der Waals surface area (Å²) in [5.41, 5.74) is 1.04. The van der Waals surface area contributed by atoms with E-state index in [2.05, 4.69) is 4.72 Å². The molecule has 13 heavy (non-hydrogen) atoms. The lowest BCUT2D eigenvalue weighted by Crippen LogP contribution is -2.33. The van der Waals surface area contributed by atoms with Gasteiger partial charge in [0, 0.05) is 12.1 Å². The van der Waals surface area contributed by atoms with Crippen LogP contribution in [0, 0.1) is 0 Å². The van der Waals surface area contributed by atoms with Gasteiger partial charge in [-0.25, -0.2) is 4.21 Å². The monoisotopic (exact) mass is 203 g/mol. The lowest BCUT2D eigenvalue weighted by Gasteiger charge is -2.22. The molecule has 0 radical (unpaired) electrons. The molecular weight excluding hydrogens is 186 g/mol. The zero-order valence-electron chi connectivity index (χ0n) is 8.42. The molecule has 1 atom stereocenters. The van der Waals surface area contributed by atoms with E-state index in [-0.39, 0.29) is 4.75 Å². The van der Waals surface area contributed by atoms with Crippen molar-refractivity contribution in [2.75, 3.05) is 13.2 Å². The molecule has 1 unspecified atom stereocenters. The van der Waals surface area contributed by atoms with Crippen LogP contribution >= 0.6 is 0 Å². The lowest BCUT2D eigenvalue weighted by atomic mass is 10.3. The van der Waals surface area contributed by atoms with Crippen molar-refractivity contribution in [1.29, 1.82) is 0 Å². The van der Waals surface area contributed by atoms with Crippen LogP contribution in [0.5, 0.6) is 0 Å². The second-order valence-corrected chi connectivity index (χ2v) is 6.00. The first-order chi connectivity index (χ1) is 6.00. The summed E-state index contributed by atoms with van der Waals surface area (Å²) in [6, 6.07) is 0. The minimum absolute atomic E-state index is 0.209. The third-order valence-electron chi connectivity index (χ3n) is 1.74. The van der Waals surface area contributed by atoms with Crippen molar-refractivity contribution in [1.82, 2.24) is 4.72 Å². The van der Waals surface area contributed by atoms with Gasteiger partial charge < -0.3 is 9.46 Å². The van der Waals surface area contributed by atoms with Crippen LogP contribution < -0.4 is 4.72 Å². The Bertz CT molecular complexity index is 230. The summed E-state index contributed by atoms with van der Waals surface area (Å²) in [7, 11) is -1.01. The minimum Gasteiger partial charge on any atom is -0.377 e. The molecule has 0 amide bonds. The van der Waals surface area contributed by atoms with Crippen LogP contribution in [0.4, 0.5) is 0 Å². The predicted molar refractivity (Wildman–Crippen MR) is 54.6 cm³/mol. The summed E-state index contributed by atoms with van der Waals surface area (Å²) in [6.45, 7) is 7.21. The van der Waals surface area contributed by atoms with Crippen molar-refractivity contribution < 1.29 is 8.95 Å². The second-order valence-electron chi connectivity index (χ2n) is 4.04. The smallest absolute Gasteiger partial charge is 0.122 e. The molecule has 0 saturated carbocycles. The molecule has 1 heterocycles. The first kappa shape index (κ1) is 10.7. The molecule has 0 spiro atoms. The van der Waals surface area contributed by atoms with Crippen LogP contribution in [0.3, 0.4) is 0 Å². The highest BCUT2D eigenvalue weighted by molar-refractivity contribution is 7.84. The van der Waals surface area contributed by atoms with Crippen LogP contribution in [0.25, 0.3) is 0 Å². The van der Waals surface area contributed by atoms with E-state index in [9.17, 15) is 4.21 Å². The van der Waals surface area contributed by atoms with Crippen LogP contribution in [0.15, 0.2) is 11.8 Å². The molecule has 1 aliphatic rings. The molecule has 0 aromatic heterocycles. The van der Waals surface area contributed by atoms with Crippen molar-refractivity contribution in [2.45, 2.75) is 31.9 Å². The second kappa shape index (κ2) is 4.24. The molecule has 0 fully saturated rings. The van der Waals surface area contributed by atoms with Crippen LogP contribution in [-0.4, -0.2) is 22.2 Å². The molecule has 1 N–H and O–H groups in total. The topological polar surface area (TPSA) is 38.3 Å². The van der Waals surface area contributed by atoms with Gasteiger partial charge in [0.15, 0.2) is 0 Å². The Balaban J connectivity index is 2.49. The summed E-state index contributed by atoms with van der Waals surface area (Å²) < 4.78 is 19.6. The van der Waals surface area contributed by atoms with Gasteiger partial charge in [-0.15, -0.1) is 0 Å². The fourth-order valence-corrected chi connectivity index (χ4v) is 1.62. The molecular formula is C9H17NO2S. The fourth-order valence-electron chi connectivity index (χ4n) is 0.892. The van der Waals surface area contributed by atoms with Gasteiger partial charge in [0.05, 0.1) is 18.0 Å². The number of rotatable bonds is 2. The first-order valence-corrected chi connectivity index (χ1v) is 5.60. The van der Waals surface area contributed by atoms with E-state index in [0.29, 0.717) is 6.61 Å². The number of ether oxygens (including phenoxy) is 1. The van der Waals surface area contributed by atoms with Crippen LogP contribution in [0.1, 0.15) is 27.2 Å². The standard InChI is InChI=1S/C9H17NO2S/c1-9(2,3)13(11)10-8-4-6-12-7-5-8/h4,10H,5-7H2,1-3H3. The fraction of sp³-hybridized carbons (Fsp3) is 0.778. The van der Waals surface area contributed by atoms with Crippen LogP contribution in [0.2, 0.25) is 0 Å². The van der Waals surface area contributed by atoms with Crippen molar-refractivity contribution >= 4 is 11.0 Å². The van der Waals surface area contributed by atoms with Gasteiger partial charge >= 0.3 is 0 Å². The molecule has 1 rings (SSSR count). The van der Waals surface area contributed by atoms with E-state index in [4.69, 9.17) is 4.74 Å². The molecule has 1 aliphatic heterocycles. The van der Waals surface area contributed by atoms with Gasteiger partial charge in [-0.1, -0.05) is 0 Å². The Hall–Kier alpha value is -0.350. The molecule has 3 nitrogen and oxygen atoms in total. The Morgan fingerprint density at radius 3 is 2.69 bits per heavy atom. The zero-order valence-corrected chi connectivity index (χ0v) is 9.24. The van der Waals surface area contributed by atoms with Crippen molar-refractivity contribution in [2.24, 2.45) is 0 Å². The molecule has 0 bridgehead atoms. The molecule has 0 aliphatic carbocycles.